The summed E-state index contributed by atoms with van der Waals surface area (Å²) in [5.41, 5.74) is 3.16. The van der Waals surface area contributed by atoms with Gasteiger partial charge < -0.3 is 20.1 Å². The molecule has 0 saturated heterocycles. The molecule has 1 amide bonds. The van der Waals surface area contributed by atoms with Crippen LogP contribution in [0.1, 0.15) is 82.7 Å². The second-order valence-electron chi connectivity index (χ2n) is 10.0. The van der Waals surface area contributed by atoms with Gasteiger partial charge in [0.25, 0.3) is 5.91 Å². The first kappa shape index (κ1) is 24.8. The minimum absolute atomic E-state index is 0.0365. The van der Waals surface area contributed by atoms with Crippen molar-refractivity contribution in [3.63, 3.8) is 0 Å². The average molecular weight is 525 g/mol. The highest BCUT2D eigenvalue weighted by Crippen LogP contribution is 2.47. The molecule has 1 aliphatic heterocycles. The van der Waals surface area contributed by atoms with Crippen LogP contribution in [0.2, 0.25) is 0 Å². The van der Waals surface area contributed by atoms with E-state index >= 15 is 0 Å². The summed E-state index contributed by atoms with van der Waals surface area (Å²) in [5, 5.41) is 9.45. The van der Waals surface area contributed by atoms with Crippen LogP contribution in [0, 0.1) is 11.3 Å². The molecule has 1 aromatic carbocycles. The first-order valence-corrected chi connectivity index (χ1v) is 14.2. The lowest BCUT2D eigenvalue weighted by molar-refractivity contribution is 0.0733. The van der Waals surface area contributed by atoms with Crippen molar-refractivity contribution in [2.75, 3.05) is 11.9 Å². The van der Waals surface area contributed by atoms with Crippen molar-refractivity contribution in [1.29, 1.82) is 0 Å². The van der Waals surface area contributed by atoms with Gasteiger partial charge in [-0.25, -0.2) is 4.79 Å². The van der Waals surface area contributed by atoms with Gasteiger partial charge in [0.15, 0.2) is 11.5 Å². The molecule has 3 heterocycles. The predicted molar refractivity (Wildman–Crippen MR) is 145 cm³/mol. The lowest BCUT2D eigenvalue weighted by atomic mass is 9.69. The van der Waals surface area contributed by atoms with E-state index in [4.69, 9.17) is 9.47 Å². The minimum Gasteiger partial charge on any atom is -0.490 e. The molecule has 2 N–H and O–H groups in total. The maximum absolute atomic E-state index is 13.2. The summed E-state index contributed by atoms with van der Waals surface area (Å²) in [6.45, 7) is 9.28. The highest BCUT2D eigenvalue weighted by molar-refractivity contribution is 7.16. The Bertz CT molecular complexity index is 1280. The van der Waals surface area contributed by atoms with E-state index < -0.39 is 12.1 Å². The number of ether oxygens (including phenoxy) is 2. The number of carbonyl (C=O) groups excluding carboxylic acids is 2. The molecule has 190 valence electrons. The highest BCUT2D eigenvalue weighted by atomic mass is 32.1. The Hall–Kier alpha value is -2.84. The van der Waals surface area contributed by atoms with Crippen molar-refractivity contribution in [2.45, 2.75) is 59.5 Å². The van der Waals surface area contributed by atoms with E-state index in [0.29, 0.717) is 34.3 Å². The zero-order valence-corrected chi connectivity index (χ0v) is 22.7. The fraction of sp³-hybridized carbons (Fsp3) is 0.429. The number of anilines is 1. The van der Waals surface area contributed by atoms with E-state index in [2.05, 4.69) is 31.4 Å². The number of carbonyl (C=O) groups is 2. The lowest BCUT2D eigenvalue weighted by Crippen LogP contribution is -2.38. The van der Waals surface area contributed by atoms with E-state index in [1.807, 2.05) is 30.5 Å². The average Bonchev–Trinajstić information content (AvgIpc) is 3.53. The minimum atomic E-state index is -0.416. The van der Waals surface area contributed by atoms with Crippen molar-refractivity contribution < 1.29 is 19.1 Å². The zero-order chi connectivity index (χ0) is 25.4. The molecule has 5 rings (SSSR count). The second-order valence-corrected chi connectivity index (χ2v) is 12.1. The third-order valence-corrected chi connectivity index (χ3v) is 9.62. The Morgan fingerprint density at radius 1 is 1.17 bits per heavy atom. The first-order chi connectivity index (χ1) is 17.3. The Kier molecular flexibility index (Phi) is 6.83. The molecule has 36 heavy (non-hydrogen) atoms. The third-order valence-electron chi connectivity index (χ3n) is 7.59. The summed E-state index contributed by atoms with van der Waals surface area (Å²) in [4.78, 5) is 27.6. The van der Waals surface area contributed by atoms with Crippen LogP contribution < -0.4 is 20.1 Å². The molecule has 0 radical (unpaired) electrons. The fourth-order valence-electron chi connectivity index (χ4n) is 5.02. The topological polar surface area (TPSA) is 76.7 Å². The van der Waals surface area contributed by atoms with Crippen molar-refractivity contribution in [1.82, 2.24) is 5.32 Å². The van der Waals surface area contributed by atoms with E-state index in [1.165, 1.54) is 21.8 Å². The number of hydrogen-bond donors (Lipinski definition) is 2. The second kappa shape index (κ2) is 9.90. The SMILES string of the molecule is CCOc1cc([C@H]2NC(=O)c3c(sc4c3CC[C@@H](C(C)(C)CC)C4)N2)ccc1OC(=O)c1cccs1. The van der Waals surface area contributed by atoms with Crippen LogP contribution in [-0.4, -0.2) is 18.5 Å². The monoisotopic (exact) mass is 524 g/mol. The summed E-state index contributed by atoms with van der Waals surface area (Å²) < 4.78 is 11.4. The van der Waals surface area contributed by atoms with Crippen LogP contribution in [0.3, 0.4) is 0 Å². The van der Waals surface area contributed by atoms with Gasteiger partial charge in [0.1, 0.15) is 16.0 Å². The van der Waals surface area contributed by atoms with Gasteiger partial charge in [0, 0.05) is 4.88 Å². The van der Waals surface area contributed by atoms with Crippen molar-refractivity contribution >= 4 is 39.6 Å². The number of amides is 1. The van der Waals surface area contributed by atoms with Gasteiger partial charge in [-0.05, 0) is 72.2 Å². The summed E-state index contributed by atoms with van der Waals surface area (Å²) >= 11 is 3.05. The molecule has 0 fully saturated rings. The quantitative estimate of drug-likeness (QED) is 0.262. The molecular formula is C28H32N2O4S2. The van der Waals surface area contributed by atoms with Crippen molar-refractivity contribution in [3.8, 4) is 11.5 Å². The fourth-order valence-corrected chi connectivity index (χ4v) is 6.97. The summed E-state index contributed by atoms with van der Waals surface area (Å²) in [5.74, 6) is 1.01. The number of esters is 1. The van der Waals surface area contributed by atoms with Crippen LogP contribution >= 0.6 is 22.7 Å². The van der Waals surface area contributed by atoms with Crippen molar-refractivity contribution in [3.05, 3.63) is 62.2 Å². The van der Waals surface area contributed by atoms with Gasteiger partial charge in [0.05, 0.1) is 12.2 Å². The molecule has 0 spiro atoms. The number of rotatable bonds is 7. The number of hydrogen-bond acceptors (Lipinski definition) is 7. The predicted octanol–water partition coefficient (Wildman–Crippen LogP) is 6.82. The van der Waals surface area contributed by atoms with Gasteiger partial charge in [-0.3, -0.25) is 4.79 Å². The van der Waals surface area contributed by atoms with Crippen LogP contribution in [-0.2, 0) is 12.8 Å². The molecule has 0 bridgehead atoms. The molecule has 2 aromatic heterocycles. The maximum Gasteiger partial charge on any atom is 0.353 e. The first-order valence-electron chi connectivity index (χ1n) is 12.5. The Labute approximate surface area is 220 Å². The maximum atomic E-state index is 13.2. The normalized spacial score (nSPS) is 19.1. The molecule has 8 heteroatoms. The summed E-state index contributed by atoms with van der Waals surface area (Å²) in [6, 6.07) is 8.96. The van der Waals surface area contributed by atoms with Crippen molar-refractivity contribution in [2.24, 2.45) is 11.3 Å². The zero-order valence-electron chi connectivity index (χ0n) is 21.1. The van der Waals surface area contributed by atoms with Gasteiger partial charge in [0.2, 0.25) is 0 Å². The highest BCUT2D eigenvalue weighted by Gasteiger charge is 2.37. The van der Waals surface area contributed by atoms with Crippen LogP contribution in [0.4, 0.5) is 5.00 Å². The number of fused-ring (bicyclic) bond motifs is 3. The van der Waals surface area contributed by atoms with E-state index in [9.17, 15) is 9.59 Å². The lowest BCUT2D eigenvalue weighted by Gasteiger charge is -2.36. The summed E-state index contributed by atoms with van der Waals surface area (Å²) in [7, 11) is 0. The standard InChI is InChI=1S/C28H32N2O4S2/c1-5-28(3,4)17-10-11-18-22(15-17)36-26-23(18)25(31)29-24(30-26)16-9-12-19(20(14-16)33-6-2)34-27(32)21-8-7-13-35-21/h7-9,12-14,17,24,30H,5-6,10-11,15H2,1-4H3,(H,29,31)/t17-,24+/m1/s1. The third kappa shape index (κ3) is 4.64. The molecule has 0 unspecified atom stereocenters. The van der Waals surface area contributed by atoms with E-state index in [-0.39, 0.29) is 5.91 Å². The van der Waals surface area contributed by atoms with Crippen LogP contribution in [0.25, 0.3) is 0 Å². The molecule has 3 aromatic rings. The Morgan fingerprint density at radius 2 is 2.00 bits per heavy atom. The van der Waals surface area contributed by atoms with Gasteiger partial charge in [-0.2, -0.15) is 0 Å². The largest absolute Gasteiger partial charge is 0.490 e. The van der Waals surface area contributed by atoms with Gasteiger partial charge >= 0.3 is 5.97 Å². The molecule has 1 aliphatic carbocycles. The number of nitrogens with one attached hydrogen (secondary N) is 2. The number of benzene rings is 1. The Balaban J connectivity index is 1.38. The molecule has 0 saturated carbocycles. The Morgan fingerprint density at radius 3 is 2.72 bits per heavy atom. The van der Waals surface area contributed by atoms with Crippen LogP contribution in [0.5, 0.6) is 11.5 Å². The molecule has 6 nitrogen and oxygen atoms in total. The number of thiophene rings is 2. The molecule has 2 aliphatic rings. The smallest absolute Gasteiger partial charge is 0.353 e. The summed E-state index contributed by atoms with van der Waals surface area (Å²) in [6.07, 6.45) is 3.87. The molecular weight excluding hydrogens is 492 g/mol. The van der Waals surface area contributed by atoms with Gasteiger partial charge in [-0.15, -0.1) is 22.7 Å². The van der Waals surface area contributed by atoms with E-state index in [0.717, 1.165) is 41.8 Å². The van der Waals surface area contributed by atoms with Crippen LogP contribution in [0.15, 0.2) is 35.7 Å². The van der Waals surface area contributed by atoms with Gasteiger partial charge in [-0.1, -0.05) is 39.3 Å². The van der Waals surface area contributed by atoms with E-state index in [1.54, 1.807) is 23.5 Å². The molecule has 2 atom stereocenters.